The first kappa shape index (κ1) is 14.9. The monoisotopic (exact) mass is 267 g/mol. The molecular weight excluding hydrogens is 250 g/mol. The largest absolute Gasteiger partial charge is 0.493 e. The van der Waals surface area contributed by atoms with E-state index >= 15 is 0 Å². The van der Waals surface area contributed by atoms with Crippen LogP contribution in [-0.4, -0.2) is 22.6 Å². The van der Waals surface area contributed by atoms with Crippen molar-refractivity contribution in [2.45, 2.75) is 26.7 Å². The van der Waals surface area contributed by atoms with Crippen LogP contribution in [0.25, 0.3) is 0 Å². The Morgan fingerprint density at radius 3 is 2.74 bits per heavy atom. The van der Waals surface area contributed by atoms with Gasteiger partial charge in [0, 0.05) is 6.07 Å². The summed E-state index contributed by atoms with van der Waals surface area (Å²) in [6.45, 7) is 3.64. The van der Waals surface area contributed by atoms with Crippen LogP contribution in [0.1, 0.15) is 26.7 Å². The van der Waals surface area contributed by atoms with Gasteiger partial charge in [-0.3, -0.25) is 14.9 Å². The van der Waals surface area contributed by atoms with Crippen LogP contribution >= 0.6 is 0 Å². The van der Waals surface area contributed by atoms with Gasteiger partial charge in [-0.05, 0) is 32.8 Å². The summed E-state index contributed by atoms with van der Waals surface area (Å²) in [5.74, 6) is -0.426. The lowest BCUT2D eigenvalue weighted by Crippen LogP contribution is -2.24. The van der Waals surface area contributed by atoms with Crippen molar-refractivity contribution in [2.75, 3.05) is 6.61 Å². The molecule has 0 aromatic heterocycles. The van der Waals surface area contributed by atoms with Crippen molar-refractivity contribution in [1.82, 2.24) is 0 Å². The van der Waals surface area contributed by atoms with Crippen LogP contribution in [0.5, 0.6) is 5.75 Å². The number of hydrogen-bond acceptors (Lipinski definition) is 4. The summed E-state index contributed by atoms with van der Waals surface area (Å²) < 4.78 is 5.37. The Balaban J connectivity index is 2.44. The van der Waals surface area contributed by atoms with E-state index in [1.165, 1.54) is 12.1 Å². The van der Waals surface area contributed by atoms with Crippen LogP contribution < -0.4 is 4.74 Å². The quantitative estimate of drug-likeness (QED) is 0.466. The number of nitro groups is 1. The molecule has 1 N–H and O–H groups in total. The van der Waals surface area contributed by atoms with Gasteiger partial charge in [0.1, 0.15) is 5.75 Å². The molecule has 0 aliphatic carbocycles. The molecule has 0 heterocycles. The van der Waals surface area contributed by atoms with E-state index in [0.717, 1.165) is 0 Å². The summed E-state index contributed by atoms with van der Waals surface area (Å²) in [5, 5.41) is 19.5. The summed E-state index contributed by atoms with van der Waals surface area (Å²) >= 11 is 0. The first-order valence-electron chi connectivity index (χ1n) is 5.93. The standard InChI is InChI=1S/C13H17NO5/c1-13(2,12(15)16)7-4-8-19-11-6-3-5-10(9-11)14(17)18/h3,5-6,9H,4,7-8H2,1-2H3,(H,15,16). The smallest absolute Gasteiger partial charge is 0.309 e. The lowest BCUT2D eigenvalue weighted by molar-refractivity contribution is -0.384. The Kier molecular flexibility index (Phi) is 4.86. The third kappa shape index (κ3) is 4.57. The average Bonchev–Trinajstić information content (AvgIpc) is 2.35. The molecule has 0 amide bonds. The fourth-order valence-electron chi connectivity index (χ4n) is 1.50. The number of non-ortho nitro benzene ring substituents is 1. The molecule has 0 radical (unpaired) electrons. The van der Waals surface area contributed by atoms with Gasteiger partial charge in [0.25, 0.3) is 5.69 Å². The lowest BCUT2D eigenvalue weighted by Gasteiger charge is -2.18. The van der Waals surface area contributed by atoms with Crippen molar-refractivity contribution in [3.63, 3.8) is 0 Å². The number of ether oxygens (including phenoxy) is 1. The van der Waals surface area contributed by atoms with Crippen LogP contribution in [0.2, 0.25) is 0 Å². The molecule has 0 fully saturated rings. The first-order chi connectivity index (χ1) is 8.83. The highest BCUT2D eigenvalue weighted by molar-refractivity contribution is 5.73. The van der Waals surface area contributed by atoms with Crippen LogP contribution in [0.4, 0.5) is 5.69 Å². The third-order valence-corrected chi connectivity index (χ3v) is 2.82. The van der Waals surface area contributed by atoms with Gasteiger partial charge < -0.3 is 9.84 Å². The highest BCUT2D eigenvalue weighted by Crippen LogP contribution is 2.23. The average molecular weight is 267 g/mol. The van der Waals surface area contributed by atoms with Crippen molar-refractivity contribution in [3.05, 3.63) is 34.4 Å². The number of aliphatic carboxylic acids is 1. The predicted octanol–water partition coefficient (Wildman–Crippen LogP) is 2.86. The number of carboxylic acid groups (broad SMARTS) is 1. The molecule has 6 heteroatoms. The van der Waals surface area contributed by atoms with Crippen molar-refractivity contribution in [1.29, 1.82) is 0 Å². The van der Waals surface area contributed by atoms with E-state index in [9.17, 15) is 14.9 Å². The minimum absolute atomic E-state index is 0.0247. The van der Waals surface area contributed by atoms with E-state index in [4.69, 9.17) is 9.84 Å². The normalized spacial score (nSPS) is 11.1. The minimum atomic E-state index is -0.845. The molecule has 1 rings (SSSR count). The highest BCUT2D eigenvalue weighted by atomic mass is 16.6. The molecule has 0 saturated carbocycles. The number of hydrogen-bond donors (Lipinski definition) is 1. The number of rotatable bonds is 7. The molecular formula is C13H17NO5. The van der Waals surface area contributed by atoms with E-state index in [2.05, 4.69) is 0 Å². The van der Waals surface area contributed by atoms with Crippen LogP contribution in [0.15, 0.2) is 24.3 Å². The van der Waals surface area contributed by atoms with Crippen LogP contribution in [0.3, 0.4) is 0 Å². The first-order valence-corrected chi connectivity index (χ1v) is 5.93. The van der Waals surface area contributed by atoms with Crippen molar-refractivity contribution >= 4 is 11.7 Å². The Morgan fingerprint density at radius 2 is 2.16 bits per heavy atom. The van der Waals surface area contributed by atoms with E-state index in [-0.39, 0.29) is 5.69 Å². The van der Waals surface area contributed by atoms with Crippen LogP contribution in [0, 0.1) is 15.5 Å². The molecule has 0 aliphatic heterocycles. The second-order valence-corrected chi connectivity index (χ2v) is 4.90. The molecule has 0 spiro atoms. The summed E-state index contributed by atoms with van der Waals surface area (Å²) in [4.78, 5) is 21.0. The summed E-state index contributed by atoms with van der Waals surface area (Å²) in [6.07, 6.45) is 1.05. The molecule has 0 aliphatic rings. The zero-order chi connectivity index (χ0) is 14.5. The summed E-state index contributed by atoms with van der Waals surface area (Å²) in [6, 6.07) is 5.92. The Hall–Kier alpha value is -2.11. The second-order valence-electron chi connectivity index (χ2n) is 4.90. The van der Waals surface area contributed by atoms with Gasteiger partial charge >= 0.3 is 5.97 Å². The molecule has 6 nitrogen and oxygen atoms in total. The van der Waals surface area contributed by atoms with E-state index in [1.807, 2.05) is 0 Å². The number of benzene rings is 1. The third-order valence-electron chi connectivity index (χ3n) is 2.82. The summed E-state index contributed by atoms with van der Waals surface area (Å²) in [7, 11) is 0. The Labute approximate surface area is 111 Å². The van der Waals surface area contributed by atoms with Crippen molar-refractivity contribution in [2.24, 2.45) is 5.41 Å². The maximum Gasteiger partial charge on any atom is 0.309 e. The van der Waals surface area contributed by atoms with E-state index in [1.54, 1.807) is 26.0 Å². The van der Waals surface area contributed by atoms with Crippen molar-refractivity contribution < 1.29 is 19.6 Å². The van der Waals surface area contributed by atoms with Gasteiger partial charge in [-0.25, -0.2) is 0 Å². The van der Waals surface area contributed by atoms with E-state index in [0.29, 0.717) is 25.2 Å². The van der Waals surface area contributed by atoms with Crippen LogP contribution in [-0.2, 0) is 4.79 Å². The number of carboxylic acids is 1. The minimum Gasteiger partial charge on any atom is -0.493 e. The number of nitro benzene ring substituents is 1. The maximum absolute atomic E-state index is 10.9. The molecule has 104 valence electrons. The van der Waals surface area contributed by atoms with Gasteiger partial charge in [-0.15, -0.1) is 0 Å². The molecule has 19 heavy (non-hydrogen) atoms. The molecule has 0 saturated heterocycles. The lowest BCUT2D eigenvalue weighted by atomic mass is 9.88. The molecule has 0 atom stereocenters. The molecule has 1 aromatic rings. The zero-order valence-corrected chi connectivity index (χ0v) is 11.0. The second kappa shape index (κ2) is 6.17. The van der Waals surface area contributed by atoms with Gasteiger partial charge in [0.2, 0.25) is 0 Å². The summed E-state index contributed by atoms with van der Waals surface area (Å²) in [5.41, 5.74) is -0.810. The maximum atomic E-state index is 10.9. The number of carbonyl (C=O) groups is 1. The molecule has 0 bridgehead atoms. The Bertz CT molecular complexity index is 470. The fraction of sp³-hybridized carbons (Fsp3) is 0.462. The SMILES string of the molecule is CC(C)(CCCOc1cccc([N+](=O)[O-])c1)C(=O)O. The van der Waals surface area contributed by atoms with E-state index < -0.39 is 16.3 Å². The van der Waals surface area contributed by atoms with Gasteiger partial charge in [0.05, 0.1) is 23.0 Å². The predicted molar refractivity (Wildman–Crippen MR) is 69.2 cm³/mol. The Morgan fingerprint density at radius 1 is 1.47 bits per heavy atom. The fourth-order valence-corrected chi connectivity index (χ4v) is 1.50. The van der Waals surface area contributed by atoms with Gasteiger partial charge in [0.15, 0.2) is 0 Å². The van der Waals surface area contributed by atoms with Crippen molar-refractivity contribution in [3.8, 4) is 5.75 Å². The number of nitrogens with zero attached hydrogens (tertiary/aromatic N) is 1. The zero-order valence-electron chi connectivity index (χ0n) is 11.0. The van der Waals surface area contributed by atoms with Gasteiger partial charge in [-0.2, -0.15) is 0 Å². The molecule has 1 aromatic carbocycles. The topological polar surface area (TPSA) is 89.7 Å². The molecule has 0 unspecified atom stereocenters. The highest BCUT2D eigenvalue weighted by Gasteiger charge is 2.26. The van der Waals surface area contributed by atoms with Gasteiger partial charge in [-0.1, -0.05) is 6.07 Å².